The highest BCUT2D eigenvalue weighted by Gasteiger charge is 2.05. The number of nitrogens with zero attached hydrogens (tertiary/aromatic N) is 2. The molecule has 0 heterocycles. The van der Waals surface area contributed by atoms with Gasteiger partial charge in [-0.25, -0.2) is 0 Å². The van der Waals surface area contributed by atoms with Crippen LogP contribution in [0.3, 0.4) is 0 Å². The van der Waals surface area contributed by atoms with Gasteiger partial charge in [0.15, 0.2) is 12.6 Å². The van der Waals surface area contributed by atoms with E-state index in [9.17, 15) is 4.79 Å². The highest BCUT2D eigenvalue weighted by Crippen LogP contribution is 2.13. The first kappa shape index (κ1) is 22.1. The Labute approximate surface area is 172 Å². The van der Waals surface area contributed by atoms with Crippen molar-refractivity contribution in [2.45, 2.75) is 13.5 Å². The lowest BCUT2D eigenvalue weighted by Gasteiger charge is -2.14. The van der Waals surface area contributed by atoms with Crippen LogP contribution in [0.4, 0.5) is 0 Å². The smallest absolute Gasteiger partial charge is 0.259 e. The van der Waals surface area contributed by atoms with Crippen molar-refractivity contribution in [3.63, 3.8) is 0 Å². The van der Waals surface area contributed by atoms with Crippen LogP contribution in [0.2, 0.25) is 0 Å². The number of nitrogens with one attached hydrogen (secondary N) is 2. The number of carbonyl (C=O) groups is 1. The average Bonchev–Trinajstić information content (AvgIpc) is 2.73. The summed E-state index contributed by atoms with van der Waals surface area (Å²) in [7, 11) is 5.13. The fourth-order valence-electron chi connectivity index (χ4n) is 2.40. The van der Waals surface area contributed by atoms with Crippen molar-refractivity contribution in [2.75, 3.05) is 40.9 Å². The van der Waals surface area contributed by atoms with Crippen molar-refractivity contribution in [3.05, 3.63) is 59.7 Å². The van der Waals surface area contributed by atoms with Crippen molar-refractivity contribution in [1.29, 1.82) is 0 Å². The lowest BCUT2D eigenvalue weighted by atomic mass is 10.2. The van der Waals surface area contributed by atoms with E-state index in [1.54, 1.807) is 21.1 Å². The summed E-state index contributed by atoms with van der Waals surface area (Å²) in [5, 5.41) is 6.48. The topological polar surface area (TPSA) is 75.2 Å². The molecule has 7 heteroatoms. The Morgan fingerprint density at radius 2 is 1.79 bits per heavy atom. The molecular formula is C22H30N4O3. The van der Waals surface area contributed by atoms with E-state index in [0.29, 0.717) is 31.4 Å². The molecule has 2 aromatic carbocycles. The Morgan fingerprint density at radius 3 is 2.48 bits per heavy atom. The fourth-order valence-corrected chi connectivity index (χ4v) is 2.40. The van der Waals surface area contributed by atoms with Crippen molar-refractivity contribution in [2.24, 2.45) is 4.99 Å². The summed E-state index contributed by atoms with van der Waals surface area (Å²) in [4.78, 5) is 17.4. The summed E-state index contributed by atoms with van der Waals surface area (Å²) in [6.45, 7) is 3.81. The molecule has 0 aliphatic rings. The third-order valence-corrected chi connectivity index (χ3v) is 4.13. The number of aliphatic imine (C=N–C) groups is 1. The van der Waals surface area contributed by atoms with Crippen LogP contribution in [-0.2, 0) is 11.3 Å². The zero-order valence-electron chi connectivity index (χ0n) is 17.6. The second-order valence-corrected chi connectivity index (χ2v) is 6.74. The normalized spacial score (nSPS) is 11.0. The van der Waals surface area contributed by atoms with Crippen LogP contribution < -0.4 is 20.1 Å². The van der Waals surface area contributed by atoms with E-state index in [0.717, 1.165) is 11.3 Å². The summed E-state index contributed by atoms with van der Waals surface area (Å²) in [6.07, 6.45) is 0. The summed E-state index contributed by atoms with van der Waals surface area (Å²) in [5.41, 5.74) is 2.23. The van der Waals surface area contributed by atoms with Crippen LogP contribution in [0.15, 0.2) is 53.5 Å². The van der Waals surface area contributed by atoms with E-state index in [2.05, 4.69) is 15.6 Å². The number of hydrogen-bond acceptors (Lipinski definition) is 4. The van der Waals surface area contributed by atoms with Crippen LogP contribution in [0.1, 0.15) is 11.1 Å². The summed E-state index contributed by atoms with van der Waals surface area (Å²) < 4.78 is 11.3. The van der Waals surface area contributed by atoms with Gasteiger partial charge in [0.05, 0.1) is 6.54 Å². The number of guanidine groups is 1. The van der Waals surface area contributed by atoms with Gasteiger partial charge in [-0.05, 0) is 36.8 Å². The minimum atomic E-state index is -0.0778. The molecule has 156 valence electrons. The third-order valence-electron chi connectivity index (χ3n) is 4.13. The first-order valence-corrected chi connectivity index (χ1v) is 9.54. The highest BCUT2D eigenvalue weighted by atomic mass is 16.5. The zero-order chi connectivity index (χ0) is 21.1. The molecule has 0 bridgehead atoms. The van der Waals surface area contributed by atoms with E-state index in [1.807, 2.05) is 55.5 Å². The predicted octanol–water partition coefficient (Wildman–Crippen LogP) is 2.21. The molecule has 0 saturated carbocycles. The molecular weight excluding hydrogens is 368 g/mol. The number of hydrogen-bond donors (Lipinski definition) is 2. The zero-order valence-corrected chi connectivity index (χ0v) is 17.6. The summed E-state index contributed by atoms with van der Waals surface area (Å²) in [6, 6.07) is 15.6. The second kappa shape index (κ2) is 11.6. The van der Waals surface area contributed by atoms with Crippen molar-refractivity contribution >= 4 is 11.9 Å². The van der Waals surface area contributed by atoms with Crippen molar-refractivity contribution < 1.29 is 14.3 Å². The Bertz CT molecular complexity index is 804. The summed E-state index contributed by atoms with van der Waals surface area (Å²) in [5.74, 6) is 2.12. The standard InChI is InChI=1S/C22H30N4O3/c1-17-8-10-19(11-9-17)28-13-12-24-22(23-2)25-15-18-6-5-7-20(14-18)29-16-21(27)26(3)4/h5-11,14H,12-13,15-16H2,1-4H3,(H2,23,24,25). The van der Waals surface area contributed by atoms with Gasteiger partial charge in [0.25, 0.3) is 5.91 Å². The van der Waals surface area contributed by atoms with Crippen LogP contribution in [0.5, 0.6) is 11.5 Å². The monoisotopic (exact) mass is 398 g/mol. The van der Waals surface area contributed by atoms with Gasteiger partial charge in [-0.15, -0.1) is 0 Å². The highest BCUT2D eigenvalue weighted by molar-refractivity contribution is 5.79. The Morgan fingerprint density at radius 1 is 1.03 bits per heavy atom. The summed E-state index contributed by atoms with van der Waals surface area (Å²) >= 11 is 0. The molecule has 2 rings (SSSR count). The van der Waals surface area contributed by atoms with Crippen LogP contribution in [0, 0.1) is 6.92 Å². The number of aryl methyl sites for hydroxylation is 1. The SMILES string of the molecule is CN=C(NCCOc1ccc(C)cc1)NCc1cccc(OCC(=O)N(C)C)c1. The number of rotatable bonds is 9. The molecule has 0 fully saturated rings. The van der Waals surface area contributed by atoms with Gasteiger partial charge in [-0.2, -0.15) is 0 Å². The quantitative estimate of drug-likeness (QED) is 0.385. The minimum absolute atomic E-state index is 0.0219. The molecule has 0 aliphatic heterocycles. The molecule has 0 unspecified atom stereocenters. The van der Waals surface area contributed by atoms with Gasteiger partial charge in [-0.3, -0.25) is 9.79 Å². The third kappa shape index (κ3) is 8.13. The molecule has 0 radical (unpaired) electrons. The number of ether oxygens (including phenoxy) is 2. The number of amides is 1. The molecule has 2 N–H and O–H groups in total. The average molecular weight is 399 g/mol. The maximum absolute atomic E-state index is 11.6. The van der Waals surface area contributed by atoms with Gasteiger partial charge in [0.1, 0.15) is 18.1 Å². The molecule has 0 atom stereocenters. The molecule has 2 aromatic rings. The van der Waals surface area contributed by atoms with Crippen LogP contribution in [0.25, 0.3) is 0 Å². The predicted molar refractivity (Wildman–Crippen MR) is 116 cm³/mol. The Balaban J connectivity index is 1.73. The first-order valence-electron chi connectivity index (χ1n) is 9.54. The largest absolute Gasteiger partial charge is 0.492 e. The van der Waals surface area contributed by atoms with E-state index in [4.69, 9.17) is 9.47 Å². The van der Waals surface area contributed by atoms with Gasteiger partial charge < -0.3 is 25.0 Å². The minimum Gasteiger partial charge on any atom is -0.492 e. The maximum atomic E-state index is 11.6. The second-order valence-electron chi connectivity index (χ2n) is 6.74. The van der Waals surface area contributed by atoms with Crippen molar-refractivity contribution in [3.8, 4) is 11.5 Å². The maximum Gasteiger partial charge on any atom is 0.259 e. The number of benzene rings is 2. The Hall–Kier alpha value is -3.22. The molecule has 7 nitrogen and oxygen atoms in total. The van der Waals surface area contributed by atoms with E-state index in [-0.39, 0.29) is 12.5 Å². The van der Waals surface area contributed by atoms with Gasteiger partial charge in [0, 0.05) is 27.7 Å². The first-order chi connectivity index (χ1) is 14.0. The van der Waals surface area contributed by atoms with Gasteiger partial charge in [-0.1, -0.05) is 29.8 Å². The number of carbonyl (C=O) groups excluding carboxylic acids is 1. The van der Waals surface area contributed by atoms with E-state index < -0.39 is 0 Å². The molecule has 29 heavy (non-hydrogen) atoms. The van der Waals surface area contributed by atoms with Gasteiger partial charge in [0.2, 0.25) is 0 Å². The van der Waals surface area contributed by atoms with E-state index in [1.165, 1.54) is 10.5 Å². The molecule has 1 amide bonds. The van der Waals surface area contributed by atoms with E-state index >= 15 is 0 Å². The molecule has 0 spiro atoms. The molecule has 0 aromatic heterocycles. The van der Waals surface area contributed by atoms with Crippen molar-refractivity contribution in [1.82, 2.24) is 15.5 Å². The lowest BCUT2D eigenvalue weighted by Crippen LogP contribution is -2.38. The van der Waals surface area contributed by atoms with Crippen LogP contribution in [-0.4, -0.2) is 57.7 Å². The number of likely N-dealkylation sites (N-methyl/N-ethyl adjacent to an activating group) is 1. The Kier molecular flexibility index (Phi) is 8.82. The van der Waals surface area contributed by atoms with Gasteiger partial charge >= 0.3 is 0 Å². The van der Waals surface area contributed by atoms with Crippen LogP contribution >= 0.6 is 0 Å². The lowest BCUT2D eigenvalue weighted by molar-refractivity contribution is -0.130. The fraction of sp³-hybridized carbons (Fsp3) is 0.364. The molecule has 0 aliphatic carbocycles. The molecule has 0 saturated heterocycles.